The summed E-state index contributed by atoms with van der Waals surface area (Å²) in [5, 5.41) is 6.50. The minimum atomic E-state index is -0.687. The van der Waals surface area contributed by atoms with Crippen molar-refractivity contribution in [3.8, 4) is 5.75 Å². The fourth-order valence-electron chi connectivity index (χ4n) is 5.84. The Labute approximate surface area is 189 Å². The Kier molecular flexibility index (Phi) is 5.41. The molecule has 6 heteroatoms. The zero-order chi connectivity index (χ0) is 22.3. The van der Waals surface area contributed by atoms with Gasteiger partial charge in [-0.1, -0.05) is 42.5 Å². The van der Waals surface area contributed by atoms with Gasteiger partial charge in [0.2, 0.25) is 5.91 Å². The molecule has 1 spiro atoms. The molecule has 168 valence electrons. The zero-order valence-electron chi connectivity index (χ0n) is 18.7. The Hall–Kier alpha value is -2.86. The van der Waals surface area contributed by atoms with Crippen molar-refractivity contribution in [2.75, 3.05) is 20.6 Å². The smallest absolute Gasteiger partial charge is 0.258 e. The number of nitrogens with zero attached hydrogens (tertiary/aromatic N) is 1. The van der Waals surface area contributed by atoms with E-state index in [-0.39, 0.29) is 35.6 Å². The third kappa shape index (κ3) is 3.77. The highest BCUT2D eigenvalue weighted by atomic mass is 16.5. The number of amides is 2. The van der Waals surface area contributed by atoms with Crippen molar-refractivity contribution < 1.29 is 14.3 Å². The predicted molar refractivity (Wildman–Crippen MR) is 122 cm³/mol. The molecule has 6 rings (SSSR count). The van der Waals surface area contributed by atoms with Crippen molar-refractivity contribution in [2.24, 2.45) is 17.8 Å². The number of hydrogen-bond acceptors (Lipinski definition) is 4. The summed E-state index contributed by atoms with van der Waals surface area (Å²) in [6, 6.07) is 17.5. The summed E-state index contributed by atoms with van der Waals surface area (Å²) in [6.45, 7) is 0.746. The Morgan fingerprint density at radius 3 is 2.62 bits per heavy atom. The Bertz CT molecular complexity index is 1010. The van der Waals surface area contributed by atoms with E-state index < -0.39 is 5.72 Å². The molecule has 2 N–H and O–H groups in total. The molecule has 3 saturated carbocycles. The van der Waals surface area contributed by atoms with Crippen LogP contribution in [-0.4, -0.2) is 43.1 Å². The molecule has 32 heavy (non-hydrogen) atoms. The number of carbonyl (C=O) groups is 2. The van der Waals surface area contributed by atoms with Crippen LogP contribution in [0.2, 0.25) is 0 Å². The second-order valence-electron chi connectivity index (χ2n) is 9.76. The fourth-order valence-corrected chi connectivity index (χ4v) is 5.84. The first-order valence-corrected chi connectivity index (χ1v) is 11.6. The quantitative estimate of drug-likeness (QED) is 0.759. The summed E-state index contributed by atoms with van der Waals surface area (Å²) in [4.78, 5) is 28.3. The maximum absolute atomic E-state index is 13.4. The van der Waals surface area contributed by atoms with E-state index in [1.165, 1.54) is 0 Å². The lowest BCUT2D eigenvalue weighted by Gasteiger charge is -2.55. The molecule has 6 nitrogen and oxygen atoms in total. The van der Waals surface area contributed by atoms with Crippen molar-refractivity contribution in [2.45, 2.75) is 37.5 Å². The molecule has 1 heterocycles. The largest absolute Gasteiger partial charge is 0.467 e. The average Bonchev–Trinajstić information content (AvgIpc) is 2.79. The van der Waals surface area contributed by atoms with Gasteiger partial charge in [0, 0.05) is 24.8 Å². The number of para-hydroxylation sites is 1. The van der Waals surface area contributed by atoms with Gasteiger partial charge in [0.15, 0.2) is 5.72 Å². The number of rotatable bonds is 5. The molecule has 2 bridgehead atoms. The van der Waals surface area contributed by atoms with Gasteiger partial charge in [0.25, 0.3) is 5.91 Å². The standard InChI is InChI=1S/C26H31N3O3/c1-29(2)16-22(17-8-4-3-5-9-17)27-24(30)21-14-19-13-12-18(21)15-26(19)28-25(31)20-10-6-7-11-23(20)32-26/h3-11,18-19,21-22H,12-16H2,1-2H3,(H,27,30)(H,28,31). The van der Waals surface area contributed by atoms with Gasteiger partial charge in [-0.3, -0.25) is 9.59 Å². The highest BCUT2D eigenvalue weighted by molar-refractivity contribution is 5.98. The van der Waals surface area contributed by atoms with Crippen LogP contribution in [0.5, 0.6) is 5.75 Å². The SMILES string of the molecule is CN(C)CC(NC(=O)C1CC2CCC1CC21NC(=O)c2ccccc2O1)c1ccccc1. The van der Waals surface area contributed by atoms with Gasteiger partial charge in [-0.2, -0.15) is 0 Å². The molecular weight excluding hydrogens is 402 g/mol. The molecule has 2 aromatic rings. The molecule has 3 fully saturated rings. The highest BCUT2D eigenvalue weighted by Crippen LogP contribution is 2.52. The molecule has 0 radical (unpaired) electrons. The molecule has 3 aliphatic carbocycles. The lowest BCUT2D eigenvalue weighted by Crippen LogP contribution is -2.67. The minimum Gasteiger partial charge on any atom is -0.467 e. The number of hydrogen-bond donors (Lipinski definition) is 2. The molecular formula is C26H31N3O3. The first-order valence-electron chi connectivity index (χ1n) is 11.6. The highest BCUT2D eigenvalue weighted by Gasteiger charge is 2.57. The second-order valence-corrected chi connectivity index (χ2v) is 9.76. The monoisotopic (exact) mass is 433 g/mol. The average molecular weight is 434 g/mol. The normalized spacial score (nSPS) is 29.2. The third-order valence-electron chi connectivity index (χ3n) is 7.37. The van der Waals surface area contributed by atoms with Gasteiger partial charge < -0.3 is 20.3 Å². The van der Waals surface area contributed by atoms with Crippen LogP contribution >= 0.6 is 0 Å². The van der Waals surface area contributed by atoms with Crippen molar-refractivity contribution >= 4 is 11.8 Å². The van der Waals surface area contributed by atoms with Crippen LogP contribution < -0.4 is 15.4 Å². The van der Waals surface area contributed by atoms with Gasteiger partial charge in [-0.05, 0) is 57.0 Å². The lowest BCUT2D eigenvalue weighted by molar-refractivity contribution is -0.147. The van der Waals surface area contributed by atoms with E-state index in [0.29, 0.717) is 17.7 Å². The molecule has 0 aromatic heterocycles. The molecule has 5 atom stereocenters. The summed E-state index contributed by atoms with van der Waals surface area (Å²) in [5.74, 6) is 0.972. The van der Waals surface area contributed by atoms with Crippen LogP contribution in [-0.2, 0) is 4.79 Å². The third-order valence-corrected chi connectivity index (χ3v) is 7.37. The van der Waals surface area contributed by atoms with E-state index in [2.05, 4.69) is 27.7 Å². The van der Waals surface area contributed by atoms with Gasteiger partial charge in [-0.15, -0.1) is 0 Å². The van der Waals surface area contributed by atoms with Crippen molar-refractivity contribution in [3.05, 3.63) is 65.7 Å². The predicted octanol–water partition coefficient (Wildman–Crippen LogP) is 3.36. The van der Waals surface area contributed by atoms with Crippen LogP contribution in [0.1, 0.15) is 47.6 Å². The van der Waals surface area contributed by atoms with E-state index in [4.69, 9.17) is 4.74 Å². The van der Waals surface area contributed by atoms with Crippen LogP contribution in [0.15, 0.2) is 54.6 Å². The molecule has 2 aromatic carbocycles. The number of benzene rings is 2. The number of ether oxygens (including phenoxy) is 1. The maximum atomic E-state index is 13.4. The maximum Gasteiger partial charge on any atom is 0.258 e. The summed E-state index contributed by atoms with van der Waals surface area (Å²) in [5.41, 5.74) is 1.02. The lowest BCUT2D eigenvalue weighted by atomic mass is 9.60. The van der Waals surface area contributed by atoms with E-state index >= 15 is 0 Å². The van der Waals surface area contributed by atoms with Crippen LogP contribution in [0.3, 0.4) is 0 Å². The molecule has 2 amide bonds. The molecule has 1 aliphatic heterocycles. The summed E-state index contributed by atoms with van der Waals surface area (Å²) in [6.07, 6.45) is 3.38. The van der Waals surface area contributed by atoms with Crippen molar-refractivity contribution in [1.29, 1.82) is 0 Å². The van der Waals surface area contributed by atoms with Crippen molar-refractivity contribution in [1.82, 2.24) is 15.5 Å². The second kappa shape index (κ2) is 8.24. The number of nitrogens with one attached hydrogen (secondary N) is 2. The summed E-state index contributed by atoms with van der Waals surface area (Å²) in [7, 11) is 4.05. The first kappa shape index (κ1) is 21.0. The first-order chi connectivity index (χ1) is 15.4. The van der Waals surface area contributed by atoms with E-state index in [9.17, 15) is 9.59 Å². The van der Waals surface area contributed by atoms with Crippen LogP contribution in [0, 0.1) is 17.8 Å². The number of carbonyl (C=O) groups excluding carboxylic acids is 2. The molecule has 5 unspecified atom stereocenters. The summed E-state index contributed by atoms with van der Waals surface area (Å²) < 4.78 is 6.43. The van der Waals surface area contributed by atoms with Gasteiger partial charge in [-0.25, -0.2) is 0 Å². The van der Waals surface area contributed by atoms with E-state index in [0.717, 1.165) is 31.4 Å². The van der Waals surface area contributed by atoms with Crippen LogP contribution in [0.25, 0.3) is 0 Å². The fraction of sp³-hybridized carbons (Fsp3) is 0.462. The van der Waals surface area contributed by atoms with Gasteiger partial charge >= 0.3 is 0 Å². The molecule has 0 saturated heterocycles. The van der Waals surface area contributed by atoms with E-state index in [1.54, 1.807) is 6.07 Å². The van der Waals surface area contributed by atoms with Crippen molar-refractivity contribution in [3.63, 3.8) is 0 Å². The number of likely N-dealkylation sites (N-methyl/N-ethyl adjacent to an activating group) is 1. The Morgan fingerprint density at radius 1 is 1.16 bits per heavy atom. The molecule has 4 aliphatic rings. The zero-order valence-corrected chi connectivity index (χ0v) is 18.7. The van der Waals surface area contributed by atoms with Gasteiger partial charge in [0.05, 0.1) is 11.6 Å². The topological polar surface area (TPSA) is 70.7 Å². The number of fused-ring (bicyclic) bond motifs is 3. The summed E-state index contributed by atoms with van der Waals surface area (Å²) >= 11 is 0. The Balaban J connectivity index is 1.32. The Morgan fingerprint density at radius 2 is 1.91 bits per heavy atom. The van der Waals surface area contributed by atoms with Crippen LogP contribution in [0.4, 0.5) is 0 Å². The van der Waals surface area contributed by atoms with E-state index in [1.807, 2.05) is 50.5 Å². The minimum absolute atomic E-state index is 0.0503. The van der Waals surface area contributed by atoms with Gasteiger partial charge in [0.1, 0.15) is 5.75 Å².